The van der Waals surface area contributed by atoms with Crippen LogP contribution in [-0.2, 0) is 9.84 Å². The van der Waals surface area contributed by atoms with Gasteiger partial charge >= 0.3 is 5.22 Å². The van der Waals surface area contributed by atoms with Crippen LogP contribution in [0.25, 0.3) is 0 Å². The molecule has 0 aliphatic carbocycles. The van der Waals surface area contributed by atoms with Crippen LogP contribution >= 0.6 is 11.6 Å². The van der Waals surface area contributed by atoms with Crippen LogP contribution < -0.4 is 0 Å². The van der Waals surface area contributed by atoms with E-state index in [0.29, 0.717) is 42.4 Å². The molecule has 1 fully saturated rings. The van der Waals surface area contributed by atoms with E-state index in [-0.39, 0.29) is 17.0 Å². The van der Waals surface area contributed by atoms with Crippen molar-refractivity contribution >= 4 is 27.3 Å². The number of carbonyl (C=O) groups excluding carboxylic acids is 1. The zero-order chi connectivity index (χ0) is 17.3. The minimum Gasteiger partial charge on any atom is -0.412 e. The second-order valence-electron chi connectivity index (χ2n) is 5.72. The molecule has 3 rings (SSSR count). The molecule has 1 aliphatic rings. The Hall–Kier alpha value is -1.93. The summed E-state index contributed by atoms with van der Waals surface area (Å²) < 4.78 is 28.0. The predicted octanol–water partition coefficient (Wildman–Crippen LogP) is 2.15. The first-order chi connectivity index (χ1) is 11.4. The van der Waals surface area contributed by atoms with Gasteiger partial charge in [-0.1, -0.05) is 28.8 Å². The molecule has 0 unspecified atom stereocenters. The van der Waals surface area contributed by atoms with Crippen molar-refractivity contribution in [2.45, 2.75) is 24.0 Å². The average molecular weight is 370 g/mol. The van der Waals surface area contributed by atoms with E-state index in [1.165, 1.54) is 0 Å². The third kappa shape index (κ3) is 3.44. The van der Waals surface area contributed by atoms with Gasteiger partial charge in [0, 0.05) is 25.3 Å². The van der Waals surface area contributed by atoms with Gasteiger partial charge in [0.15, 0.2) is 0 Å². The number of hydrogen-bond donors (Lipinski definition) is 0. The van der Waals surface area contributed by atoms with Crippen molar-refractivity contribution in [3.63, 3.8) is 0 Å². The van der Waals surface area contributed by atoms with Gasteiger partial charge in [-0.2, -0.15) is 0 Å². The van der Waals surface area contributed by atoms with Gasteiger partial charge < -0.3 is 9.32 Å². The number of nitrogens with zero attached hydrogens (tertiary/aromatic N) is 3. The molecule has 1 aliphatic heterocycles. The van der Waals surface area contributed by atoms with Crippen molar-refractivity contribution in [3.8, 4) is 0 Å². The lowest BCUT2D eigenvalue weighted by Crippen LogP contribution is -2.38. The molecule has 0 spiro atoms. The summed E-state index contributed by atoms with van der Waals surface area (Å²) in [4.78, 5) is 14.2. The third-order valence-corrected chi connectivity index (χ3v) is 5.10. The van der Waals surface area contributed by atoms with Gasteiger partial charge in [0.25, 0.3) is 5.91 Å². The second-order valence-corrected chi connectivity index (χ2v) is 8.03. The number of aromatic nitrogens is 2. The van der Waals surface area contributed by atoms with Crippen molar-refractivity contribution in [2.24, 2.45) is 0 Å². The van der Waals surface area contributed by atoms with Crippen LogP contribution in [0.4, 0.5) is 0 Å². The molecule has 2 heterocycles. The summed E-state index contributed by atoms with van der Waals surface area (Å²) in [6.45, 7) is 1.04. The average Bonchev–Trinajstić information content (AvgIpc) is 3.05. The second kappa shape index (κ2) is 6.52. The predicted molar refractivity (Wildman–Crippen MR) is 86.7 cm³/mol. The lowest BCUT2D eigenvalue weighted by atomic mass is 9.96. The maximum Gasteiger partial charge on any atom is 0.335 e. The summed E-state index contributed by atoms with van der Waals surface area (Å²) in [5.74, 6) is 0.143. The molecule has 1 aromatic carbocycles. The van der Waals surface area contributed by atoms with E-state index in [9.17, 15) is 13.2 Å². The molecule has 24 heavy (non-hydrogen) atoms. The number of carbonyl (C=O) groups is 1. The van der Waals surface area contributed by atoms with Crippen LogP contribution in [0.2, 0.25) is 5.02 Å². The standard InChI is InChI=1S/C15H16ClN3O4S/c1-24(21,22)15-18-17-13(23-15)10-6-8-19(9-7-10)14(20)11-4-2-3-5-12(11)16/h2-5,10H,6-9H2,1H3. The molecule has 1 aromatic heterocycles. The van der Waals surface area contributed by atoms with E-state index >= 15 is 0 Å². The summed E-state index contributed by atoms with van der Waals surface area (Å²) >= 11 is 6.07. The highest BCUT2D eigenvalue weighted by atomic mass is 35.5. The van der Waals surface area contributed by atoms with Crippen molar-refractivity contribution in [2.75, 3.05) is 19.3 Å². The summed E-state index contributed by atoms with van der Waals surface area (Å²) in [6.07, 6.45) is 2.28. The van der Waals surface area contributed by atoms with Gasteiger partial charge in [0.1, 0.15) is 0 Å². The lowest BCUT2D eigenvalue weighted by molar-refractivity contribution is 0.0705. The largest absolute Gasteiger partial charge is 0.412 e. The van der Waals surface area contributed by atoms with E-state index in [1.54, 1.807) is 29.2 Å². The number of hydrogen-bond acceptors (Lipinski definition) is 6. The highest BCUT2D eigenvalue weighted by Gasteiger charge is 2.29. The fourth-order valence-electron chi connectivity index (χ4n) is 2.67. The van der Waals surface area contributed by atoms with Crippen LogP contribution in [0, 0.1) is 0 Å². The first-order valence-corrected chi connectivity index (χ1v) is 9.70. The normalized spacial score (nSPS) is 16.3. The maximum absolute atomic E-state index is 12.5. The summed E-state index contributed by atoms with van der Waals surface area (Å²) in [7, 11) is -3.51. The van der Waals surface area contributed by atoms with Crippen molar-refractivity contribution in [1.29, 1.82) is 0 Å². The quantitative estimate of drug-likeness (QED) is 0.822. The molecule has 7 nitrogen and oxygen atoms in total. The SMILES string of the molecule is CS(=O)(=O)c1nnc(C2CCN(C(=O)c3ccccc3Cl)CC2)o1. The molecular formula is C15H16ClN3O4S. The molecule has 128 valence electrons. The van der Waals surface area contributed by atoms with Gasteiger partial charge in [0.2, 0.25) is 15.7 Å². The topological polar surface area (TPSA) is 93.4 Å². The van der Waals surface area contributed by atoms with E-state index in [2.05, 4.69) is 10.2 Å². The van der Waals surface area contributed by atoms with Crippen molar-refractivity contribution in [3.05, 3.63) is 40.7 Å². The van der Waals surface area contributed by atoms with Crippen molar-refractivity contribution in [1.82, 2.24) is 15.1 Å². The molecule has 0 bridgehead atoms. The molecule has 0 atom stereocenters. The number of rotatable bonds is 3. The van der Waals surface area contributed by atoms with Gasteiger partial charge in [-0.15, -0.1) is 5.10 Å². The minimum atomic E-state index is -3.51. The van der Waals surface area contributed by atoms with E-state index in [0.717, 1.165) is 6.26 Å². The van der Waals surface area contributed by atoms with Crippen LogP contribution in [0.3, 0.4) is 0 Å². The Bertz CT molecular complexity index is 857. The van der Waals surface area contributed by atoms with Crippen molar-refractivity contribution < 1.29 is 17.6 Å². The fraction of sp³-hybridized carbons (Fsp3) is 0.400. The molecule has 9 heteroatoms. The minimum absolute atomic E-state index is 0.0525. The van der Waals surface area contributed by atoms with E-state index in [4.69, 9.17) is 16.0 Å². The molecule has 0 N–H and O–H groups in total. The van der Waals surface area contributed by atoms with Gasteiger partial charge in [0.05, 0.1) is 10.6 Å². The molecule has 0 saturated carbocycles. The Morgan fingerprint density at radius 3 is 2.50 bits per heavy atom. The Balaban J connectivity index is 1.67. The number of halogens is 1. The molecule has 1 saturated heterocycles. The summed E-state index contributed by atoms with van der Waals surface area (Å²) in [5.41, 5.74) is 0.481. The van der Waals surface area contributed by atoms with E-state index < -0.39 is 9.84 Å². The Kier molecular flexibility index (Phi) is 4.60. The van der Waals surface area contributed by atoms with Crippen LogP contribution in [0.5, 0.6) is 0 Å². The number of benzene rings is 1. The molecule has 1 amide bonds. The first kappa shape index (κ1) is 16.9. The molecule has 0 radical (unpaired) electrons. The number of sulfone groups is 1. The summed E-state index contributed by atoms with van der Waals surface area (Å²) in [5, 5.41) is 7.46. The third-order valence-electron chi connectivity index (χ3n) is 3.97. The van der Waals surface area contributed by atoms with Crippen LogP contribution in [0.15, 0.2) is 33.9 Å². The Labute approximate surface area is 144 Å². The Morgan fingerprint density at radius 1 is 1.25 bits per heavy atom. The lowest BCUT2D eigenvalue weighted by Gasteiger charge is -2.30. The summed E-state index contributed by atoms with van der Waals surface area (Å²) in [6, 6.07) is 6.94. The number of likely N-dealkylation sites (tertiary alicyclic amines) is 1. The fourth-order valence-corrected chi connectivity index (χ4v) is 3.31. The van der Waals surface area contributed by atoms with Crippen LogP contribution in [0.1, 0.15) is 35.0 Å². The Morgan fingerprint density at radius 2 is 1.92 bits per heavy atom. The zero-order valence-corrected chi connectivity index (χ0v) is 14.5. The monoisotopic (exact) mass is 369 g/mol. The van der Waals surface area contributed by atoms with Gasteiger partial charge in [-0.25, -0.2) is 8.42 Å². The molecule has 2 aromatic rings. The number of amides is 1. The highest BCUT2D eigenvalue weighted by molar-refractivity contribution is 7.90. The smallest absolute Gasteiger partial charge is 0.335 e. The first-order valence-electron chi connectivity index (χ1n) is 7.43. The van der Waals surface area contributed by atoms with E-state index in [1.807, 2.05) is 0 Å². The highest BCUT2D eigenvalue weighted by Crippen LogP contribution is 2.29. The maximum atomic E-state index is 12.5. The molecular weight excluding hydrogens is 354 g/mol. The zero-order valence-electron chi connectivity index (χ0n) is 13.0. The number of piperidine rings is 1. The van der Waals surface area contributed by atoms with Crippen LogP contribution in [-0.4, -0.2) is 48.8 Å². The van der Waals surface area contributed by atoms with Gasteiger partial charge in [-0.05, 0) is 25.0 Å². The van der Waals surface area contributed by atoms with Gasteiger partial charge in [-0.3, -0.25) is 4.79 Å².